The second kappa shape index (κ2) is 3.55. The summed E-state index contributed by atoms with van der Waals surface area (Å²) < 4.78 is 0. The van der Waals surface area contributed by atoms with E-state index in [9.17, 15) is 0 Å². The highest BCUT2D eigenvalue weighted by atomic mass is 14.9. The third-order valence-electron chi connectivity index (χ3n) is 2.97. The molecule has 2 heteroatoms. The molecule has 3 rings (SSSR count). The molecular formula is C13H14N2. The van der Waals surface area contributed by atoms with Crippen molar-refractivity contribution in [3.63, 3.8) is 0 Å². The molecule has 2 N–H and O–H groups in total. The Hall–Kier alpha value is -1.54. The molecule has 1 aromatic carbocycles. The van der Waals surface area contributed by atoms with E-state index in [-0.39, 0.29) is 0 Å². The Kier molecular flexibility index (Phi) is 2.07. The second-order valence-electron chi connectivity index (χ2n) is 3.94. The lowest BCUT2D eigenvalue weighted by Gasteiger charge is -2.15. The van der Waals surface area contributed by atoms with E-state index >= 15 is 0 Å². The van der Waals surface area contributed by atoms with Gasteiger partial charge in [0.2, 0.25) is 0 Å². The third-order valence-corrected chi connectivity index (χ3v) is 2.97. The molecule has 0 aliphatic carbocycles. The number of rotatable bonds is 1. The van der Waals surface area contributed by atoms with Crippen molar-refractivity contribution in [2.75, 3.05) is 13.1 Å². The minimum atomic E-state index is 0.990. The van der Waals surface area contributed by atoms with Gasteiger partial charge in [0.05, 0.1) is 0 Å². The van der Waals surface area contributed by atoms with Crippen LogP contribution in [0.25, 0.3) is 16.5 Å². The van der Waals surface area contributed by atoms with Crippen LogP contribution in [0.3, 0.4) is 0 Å². The topological polar surface area (TPSA) is 27.8 Å². The number of hydrogen-bond donors (Lipinski definition) is 2. The highest BCUT2D eigenvalue weighted by Gasteiger charge is 2.08. The largest absolute Gasteiger partial charge is 0.361 e. The van der Waals surface area contributed by atoms with Crippen LogP contribution in [0, 0.1) is 0 Å². The van der Waals surface area contributed by atoms with Crippen LogP contribution in [0.2, 0.25) is 0 Å². The van der Waals surface area contributed by atoms with Gasteiger partial charge < -0.3 is 10.3 Å². The average molecular weight is 198 g/mol. The highest BCUT2D eigenvalue weighted by Crippen LogP contribution is 2.25. The van der Waals surface area contributed by atoms with Gasteiger partial charge in [-0.1, -0.05) is 18.2 Å². The first-order valence-corrected chi connectivity index (χ1v) is 5.41. The fourth-order valence-electron chi connectivity index (χ4n) is 2.21. The Bertz CT molecular complexity index is 508. The van der Waals surface area contributed by atoms with Crippen LogP contribution >= 0.6 is 0 Å². The van der Waals surface area contributed by atoms with E-state index in [4.69, 9.17) is 0 Å². The fraction of sp³-hybridized carbons (Fsp3) is 0.231. The SMILES string of the molecule is C1=C(c2cccc3[nH]ccc23)CNCC1. The maximum atomic E-state index is 3.41. The Morgan fingerprint density at radius 3 is 3.00 bits per heavy atom. The van der Waals surface area contributed by atoms with E-state index in [1.807, 2.05) is 6.20 Å². The zero-order chi connectivity index (χ0) is 10.1. The number of aromatic nitrogens is 1. The monoisotopic (exact) mass is 198 g/mol. The van der Waals surface area contributed by atoms with Gasteiger partial charge in [0.15, 0.2) is 0 Å². The van der Waals surface area contributed by atoms with Crippen LogP contribution in [0.5, 0.6) is 0 Å². The molecule has 0 saturated heterocycles. The third kappa shape index (κ3) is 1.47. The van der Waals surface area contributed by atoms with Crippen molar-refractivity contribution in [2.45, 2.75) is 6.42 Å². The standard InChI is InChI=1S/C13H14N2/c1-4-11(10-3-2-7-14-9-10)12-6-8-15-13(12)5-1/h1,3-6,8,14-15H,2,7,9H2. The van der Waals surface area contributed by atoms with Gasteiger partial charge in [0, 0.05) is 23.6 Å². The van der Waals surface area contributed by atoms with Gasteiger partial charge in [-0.3, -0.25) is 0 Å². The van der Waals surface area contributed by atoms with Crippen molar-refractivity contribution in [1.29, 1.82) is 0 Å². The Balaban J connectivity index is 2.17. The zero-order valence-electron chi connectivity index (χ0n) is 8.59. The summed E-state index contributed by atoms with van der Waals surface area (Å²) in [7, 11) is 0. The summed E-state index contributed by atoms with van der Waals surface area (Å²) in [5, 5.41) is 4.74. The predicted molar refractivity (Wildman–Crippen MR) is 63.8 cm³/mol. The van der Waals surface area contributed by atoms with Gasteiger partial charge in [0.1, 0.15) is 0 Å². The lowest BCUT2D eigenvalue weighted by molar-refractivity contribution is 0.739. The lowest BCUT2D eigenvalue weighted by atomic mass is 9.99. The van der Waals surface area contributed by atoms with Gasteiger partial charge >= 0.3 is 0 Å². The lowest BCUT2D eigenvalue weighted by Crippen LogP contribution is -2.21. The first-order chi connectivity index (χ1) is 7.45. The van der Waals surface area contributed by atoms with Crippen LogP contribution in [0.1, 0.15) is 12.0 Å². The number of hydrogen-bond acceptors (Lipinski definition) is 1. The van der Waals surface area contributed by atoms with Gasteiger partial charge in [-0.25, -0.2) is 0 Å². The molecule has 0 atom stereocenters. The van der Waals surface area contributed by atoms with E-state index < -0.39 is 0 Å². The molecule has 0 radical (unpaired) electrons. The van der Waals surface area contributed by atoms with Crippen LogP contribution in [-0.2, 0) is 0 Å². The molecule has 1 aliphatic heterocycles. The Morgan fingerprint density at radius 2 is 2.13 bits per heavy atom. The molecule has 2 aromatic rings. The fourth-order valence-corrected chi connectivity index (χ4v) is 2.21. The number of H-pyrrole nitrogens is 1. The summed E-state index contributed by atoms with van der Waals surface area (Å²) in [5.74, 6) is 0. The van der Waals surface area contributed by atoms with E-state index in [0.717, 1.165) is 19.5 Å². The van der Waals surface area contributed by atoms with Crippen molar-refractivity contribution < 1.29 is 0 Å². The summed E-state index contributed by atoms with van der Waals surface area (Å²) in [6.45, 7) is 2.09. The van der Waals surface area contributed by atoms with Crippen LogP contribution in [0.4, 0.5) is 0 Å². The number of fused-ring (bicyclic) bond motifs is 1. The minimum Gasteiger partial charge on any atom is -0.361 e. The maximum absolute atomic E-state index is 3.41. The van der Waals surface area contributed by atoms with Crippen LogP contribution in [-0.4, -0.2) is 18.1 Å². The van der Waals surface area contributed by atoms with E-state index in [0.29, 0.717) is 0 Å². The molecule has 0 spiro atoms. The average Bonchev–Trinajstić information content (AvgIpc) is 2.78. The number of aromatic amines is 1. The van der Waals surface area contributed by atoms with Crippen molar-refractivity contribution in [2.24, 2.45) is 0 Å². The van der Waals surface area contributed by atoms with Gasteiger partial charge in [0.25, 0.3) is 0 Å². The first kappa shape index (κ1) is 8.74. The summed E-state index contributed by atoms with van der Waals surface area (Å²) in [4.78, 5) is 3.25. The number of benzene rings is 1. The van der Waals surface area contributed by atoms with Gasteiger partial charge in [-0.2, -0.15) is 0 Å². The van der Waals surface area contributed by atoms with Crippen molar-refractivity contribution >= 4 is 16.5 Å². The van der Waals surface area contributed by atoms with Crippen molar-refractivity contribution in [3.05, 3.63) is 42.1 Å². The molecule has 1 aliphatic rings. The zero-order valence-corrected chi connectivity index (χ0v) is 8.59. The normalized spacial score (nSPS) is 16.7. The van der Waals surface area contributed by atoms with Gasteiger partial charge in [-0.05, 0) is 36.2 Å². The van der Waals surface area contributed by atoms with Crippen LogP contribution < -0.4 is 5.32 Å². The summed E-state index contributed by atoms with van der Waals surface area (Å²) >= 11 is 0. The molecule has 2 nitrogen and oxygen atoms in total. The van der Waals surface area contributed by atoms with E-state index in [1.165, 1.54) is 22.0 Å². The van der Waals surface area contributed by atoms with Crippen molar-refractivity contribution in [3.8, 4) is 0 Å². The number of nitrogens with one attached hydrogen (secondary N) is 2. The molecular weight excluding hydrogens is 184 g/mol. The summed E-state index contributed by atoms with van der Waals surface area (Å²) in [6, 6.07) is 8.59. The smallest absolute Gasteiger partial charge is 0.0460 e. The Morgan fingerprint density at radius 1 is 1.13 bits per heavy atom. The minimum absolute atomic E-state index is 0.990. The molecule has 1 aromatic heterocycles. The highest BCUT2D eigenvalue weighted by molar-refractivity contribution is 5.92. The molecule has 0 fully saturated rings. The second-order valence-corrected chi connectivity index (χ2v) is 3.94. The van der Waals surface area contributed by atoms with Crippen LogP contribution in [0.15, 0.2) is 36.5 Å². The quantitative estimate of drug-likeness (QED) is 0.724. The molecule has 0 amide bonds. The predicted octanol–water partition coefficient (Wildman–Crippen LogP) is 2.54. The van der Waals surface area contributed by atoms with E-state index in [1.54, 1.807) is 0 Å². The maximum Gasteiger partial charge on any atom is 0.0460 e. The van der Waals surface area contributed by atoms with Crippen molar-refractivity contribution in [1.82, 2.24) is 10.3 Å². The summed E-state index contributed by atoms with van der Waals surface area (Å²) in [5.41, 5.74) is 4.01. The van der Waals surface area contributed by atoms with E-state index in [2.05, 4.69) is 40.6 Å². The first-order valence-electron chi connectivity index (χ1n) is 5.41. The molecule has 0 unspecified atom stereocenters. The van der Waals surface area contributed by atoms with Gasteiger partial charge in [-0.15, -0.1) is 0 Å². The molecule has 0 saturated carbocycles. The molecule has 0 bridgehead atoms. The Labute approximate surface area is 89.0 Å². The molecule has 15 heavy (non-hydrogen) atoms. The molecule has 76 valence electrons. The summed E-state index contributed by atoms with van der Waals surface area (Å²) in [6.07, 6.45) is 5.49. The molecule has 2 heterocycles.